The highest BCUT2D eigenvalue weighted by molar-refractivity contribution is 5.81. The average Bonchev–Trinajstić information content (AvgIpc) is 2.34. The first-order chi connectivity index (χ1) is 7.98. The highest BCUT2D eigenvalue weighted by Gasteiger charge is 2.58. The first-order valence-corrected chi connectivity index (χ1v) is 6.57. The maximum Gasteiger partial charge on any atom is 0.236 e. The summed E-state index contributed by atoms with van der Waals surface area (Å²) in [6.45, 7) is 7.27. The average molecular weight is 240 g/mol. The lowest BCUT2D eigenvalue weighted by atomic mass is 9.55. The minimum absolute atomic E-state index is 0.0565. The molecular weight excluding hydrogens is 216 g/mol. The molecule has 4 heteroatoms. The predicted molar refractivity (Wildman–Crippen MR) is 66.7 cm³/mol. The van der Waals surface area contributed by atoms with E-state index in [1.807, 2.05) is 6.92 Å². The van der Waals surface area contributed by atoms with E-state index in [9.17, 15) is 4.79 Å². The molecule has 2 rings (SSSR count). The van der Waals surface area contributed by atoms with Gasteiger partial charge in [0.1, 0.15) is 0 Å². The standard InChI is InChI=1S/C13H24N2O2/c1-8(12(16)14-4)15-10-9-6-5-7-17-11(9)13(10,2)3/h8-11,15H,5-7H2,1-4H3,(H,14,16). The van der Waals surface area contributed by atoms with Crippen molar-refractivity contribution < 1.29 is 9.53 Å². The van der Waals surface area contributed by atoms with Crippen LogP contribution < -0.4 is 10.6 Å². The number of nitrogens with one attached hydrogen (secondary N) is 2. The van der Waals surface area contributed by atoms with E-state index < -0.39 is 0 Å². The maximum absolute atomic E-state index is 11.6. The third-order valence-corrected chi connectivity index (χ3v) is 4.40. The van der Waals surface area contributed by atoms with Crippen molar-refractivity contribution in [2.24, 2.45) is 11.3 Å². The lowest BCUT2D eigenvalue weighted by Crippen LogP contribution is -2.71. The van der Waals surface area contributed by atoms with Crippen molar-refractivity contribution in [1.29, 1.82) is 0 Å². The number of likely N-dealkylation sites (N-methyl/N-ethyl adjacent to an activating group) is 1. The van der Waals surface area contributed by atoms with E-state index in [1.165, 1.54) is 6.42 Å². The summed E-state index contributed by atoms with van der Waals surface area (Å²) in [5.41, 5.74) is 0.132. The van der Waals surface area contributed by atoms with E-state index in [4.69, 9.17) is 4.74 Å². The number of rotatable bonds is 3. The molecule has 17 heavy (non-hydrogen) atoms. The molecule has 1 aliphatic heterocycles. The van der Waals surface area contributed by atoms with Gasteiger partial charge in [0.2, 0.25) is 5.91 Å². The highest BCUT2D eigenvalue weighted by atomic mass is 16.5. The van der Waals surface area contributed by atoms with Gasteiger partial charge in [-0.2, -0.15) is 0 Å². The Kier molecular flexibility index (Phi) is 3.46. The summed E-state index contributed by atoms with van der Waals surface area (Å²) < 4.78 is 5.85. The number of hydrogen-bond acceptors (Lipinski definition) is 3. The van der Waals surface area contributed by atoms with E-state index in [2.05, 4.69) is 24.5 Å². The third kappa shape index (κ3) is 2.08. The number of fused-ring (bicyclic) bond motifs is 1. The van der Waals surface area contributed by atoms with E-state index in [0.29, 0.717) is 18.1 Å². The smallest absolute Gasteiger partial charge is 0.236 e. The first-order valence-electron chi connectivity index (χ1n) is 6.57. The SMILES string of the molecule is CNC(=O)C(C)NC1C2CCCOC2C1(C)C. The fourth-order valence-electron chi connectivity index (χ4n) is 3.42. The first kappa shape index (κ1) is 12.8. The van der Waals surface area contributed by atoms with Crippen molar-refractivity contribution in [3.8, 4) is 0 Å². The van der Waals surface area contributed by atoms with Crippen LogP contribution in [0.5, 0.6) is 0 Å². The minimum Gasteiger partial charge on any atom is -0.377 e. The zero-order valence-electron chi connectivity index (χ0n) is 11.2. The van der Waals surface area contributed by atoms with Gasteiger partial charge in [-0.15, -0.1) is 0 Å². The summed E-state index contributed by atoms with van der Waals surface area (Å²) in [6, 6.07) is 0.257. The zero-order valence-corrected chi connectivity index (χ0v) is 11.2. The highest BCUT2D eigenvalue weighted by Crippen LogP contribution is 2.51. The molecule has 2 aliphatic rings. The van der Waals surface area contributed by atoms with Crippen molar-refractivity contribution in [2.75, 3.05) is 13.7 Å². The van der Waals surface area contributed by atoms with Crippen molar-refractivity contribution in [3.63, 3.8) is 0 Å². The van der Waals surface area contributed by atoms with Gasteiger partial charge in [0.05, 0.1) is 12.1 Å². The Morgan fingerprint density at radius 2 is 2.18 bits per heavy atom. The largest absolute Gasteiger partial charge is 0.377 e. The molecule has 1 saturated heterocycles. The molecule has 2 N–H and O–H groups in total. The van der Waals surface area contributed by atoms with Crippen LogP contribution in [0.25, 0.3) is 0 Å². The van der Waals surface area contributed by atoms with Crippen LogP contribution in [0.1, 0.15) is 33.6 Å². The molecule has 1 saturated carbocycles. The monoisotopic (exact) mass is 240 g/mol. The van der Waals surface area contributed by atoms with Crippen LogP contribution in [-0.2, 0) is 9.53 Å². The summed E-state index contributed by atoms with van der Waals surface area (Å²) in [4.78, 5) is 11.6. The van der Waals surface area contributed by atoms with Gasteiger partial charge >= 0.3 is 0 Å². The number of hydrogen-bond donors (Lipinski definition) is 2. The van der Waals surface area contributed by atoms with Gasteiger partial charge in [-0.1, -0.05) is 13.8 Å². The third-order valence-electron chi connectivity index (χ3n) is 4.40. The van der Waals surface area contributed by atoms with Gasteiger partial charge in [0, 0.05) is 31.0 Å². The van der Waals surface area contributed by atoms with Crippen molar-refractivity contribution in [1.82, 2.24) is 10.6 Å². The molecule has 0 aromatic heterocycles. The maximum atomic E-state index is 11.6. The summed E-state index contributed by atoms with van der Waals surface area (Å²) in [5.74, 6) is 0.631. The number of ether oxygens (including phenoxy) is 1. The van der Waals surface area contributed by atoms with Gasteiger partial charge in [-0.25, -0.2) is 0 Å². The molecule has 4 atom stereocenters. The van der Waals surface area contributed by atoms with Crippen LogP contribution in [0.2, 0.25) is 0 Å². The Hall–Kier alpha value is -0.610. The van der Waals surface area contributed by atoms with Crippen molar-refractivity contribution in [2.45, 2.75) is 51.8 Å². The molecule has 1 heterocycles. The second-order valence-corrected chi connectivity index (χ2v) is 5.90. The van der Waals surface area contributed by atoms with E-state index >= 15 is 0 Å². The lowest BCUT2D eigenvalue weighted by molar-refractivity contribution is -0.194. The van der Waals surface area contributed by atoms with Crippen LogP contribution in [0.3, 0.4) is 0 Å². The lowest BCUT2D eigenvalue weighted by Gasteiger charge is -2.60. The fraction of sp³-hybridized carbons (Fsp3) is 0.923. The Balaban J connectivity index is 1.98. The topological polar surface area (TPSA) is 50.4 Å². The molecule has 1 aliphatic carbocycles. The van der Waals surface area contributed by atoms with Crippen LogP contribution in [-0.4, -0.2) is 37.7 Å². The molecule has 0 bridgehead atoms. The van der Waals surface area contributed by atoms with Gasteiger partial charge in [-0.3, -0.25) is 4.79 Å². The predicted octanol–water partition coefficient (Wildman–Crippen LogP) is 0.914. The van der Waals surface area contributed by atoms with Crippen LogP contribution in [0, 0.1) is 11.3 Å². The van der Waals surface area contributed by atoms with Crippen molar-refractivity contribution in [3.05, 3.63) is 0 Å². The molecule has 0 spiro atoms. The molecule has 4 unspecified atom stereocenters. The fourth-order valence-corrected chi connectivity index (χ4v) is 3.42. The molecule has 0 radical (unpaired) electrons. The molecule has 0 aromatic carbocycles. The second kappa shape index (κ2) is 4.58. The Labute approximate surface area is 103 Å². The normalized spacial score (nSPS) is 36.6. The summed E-state index contributed by atoms with van der Waals surface area (Å²) in [5, 5.41) is 6.15. The Morgan fingerprint density at radius 1 is 1.47 bits per heavy atom. The molecular formula is C13H24N2O2. The van der Waals surface area contributed by atoms with Crippen LogP contribution in [0.15, 0.2) is 0 Å². The summed E-state index contributed by atoms with van der Waals surface area (Å²) >= 11 is 0. The minimum atomic E-state index is -0.132. The van der Waals surface area contributed by atoms with Crippen molar-refractivity contribution >= 4 is 5.91 Å². The van der Waals surface area contributed by atoms with Gasteiger partial charge in [0.15, 0.2) is 0 Å². The second-order valence-electron chi connectivity index (χ2n) is 5.90. The molecule has 1 amide bonds. The van der Waals surface area contributed by atoms with Gasteiger partial charge < -0.3 is 15.4 Å². The number of amides is 1. The van der Waals surface area contributed by atoms with Gasteiger partial charge in [-0.05, 0) is 19.8 Å². The molecule has 2 fully saturated rings. The molecule has 4 nitrogen and oxygen atoms in total. The van der Waals surface area contributed by atoms with E-state index in [1.54, 1.807) is 7.05 Å². The van der Waals surface area contributed by atoms with Crippen LogP contribution in [0.4, 0.5) is 0 Å². The van der Waals surface area contributed by atoms with E-state index in [-0.39, 0.29) is 17.4 Å². The number of carbonyl (C=O) groups is 1. The summed E-state index contributed by atoms with van der Waals surface area (Å²) in [6.07, 6.45) is 2.72. The zero-order chi connectivity index (χ0) is 12.6. The van der Waals surface area contributed by atoms with Crippen LogP contribution >= 0.6 is 0 Å². The summed E-state index contributed by atoms with van der Waals surface area (Å²) in [7, 11) is 1.68. The Morgan fingerprint density at radius 3 is 2.82 bits per heavy atom. The molecule has 98 valence electrons. The Bertz CT molecular complexity index is 304. The quantitative estimate of drug-likeness (QED) is 0.771. The molecule has 0 aromatic rings. The van der Waals surface area contributed by atoms with Gasteiger partial charge in [0.25, 0.3) is 0 Å². The number of carbonyl (C=O) groups excluding carboxylic acids is 1. The van der Waals surface area contributed by atoms with E-state index in [0.717, 1.165) is 13.0 Å².